The number of halogens is 1. The Morgan fingerprint density at radius 2 is 1.66 bits per heavy atom. The number of rotatable bonds is 6. The lowest BCUT2D eigenvalue weighted by atomic mass is 10.1. The van der Waals surface area contributed by atoms with Crippen LogP contribution in [-0.4, -0.2) is 18.1 Å². The van der Waals surface area contributed by atoms with E-state index in [0.29, 0.717) is 16.3 Å². The molecule has 0 aliphatic heterocycles. The fraction of sp³-hybridized carbons (Fsp3) is 0.0435. The summed E-state index contributed by atoms with van der Waals surface area (Å²) in [4.78, 5) is 26.6. The third-order valence-electron chi connectivity index (χ3n) is 4.04. The Labute approximate surface area is 179 Å². The van der Waals surface area contributed by atoms with Crippen molar-refractivity contribution in [3.05, 3.63) is 101 Å². The van der Waals surface area contributed by atoms with Crippen molar-refractivity contribution in [3.63, 3.8) is 0 Å². The normalized spacial score (nSPS) is 11.0. The molecule has 0 saturated carbocycles. The van der Waals surface area contributed by atoms with E-state index in [0.717, 1.165) is 10.5 Å². The van der Waals surface area contributed by atoms with Crippen LogP contribution in [0.2, 0.25) is 5.02 Å². The van der Waals surface area contributed by atoms with E-state index >= 15 is 0 Å². The highest BCUT2D eigenvalue weighted by Gasteiger charge is 2.15. The number of carbonyl (C=O) groups is 2. The van der Waals surface area contributed by atoms with Gasteiger partial charge in [0.15, 0.2) is 0 Å². The average molecular weight is 423 g/mol. The third-order valence-corrected chi connectivity index (χ3v) is 5.01. The van der Waals surface area contributed by atoms with E-state index in [1.165, 1.54) is 0 Å². The first-order valence-electron chi connectivity index (χ1n) is 8.84. The number of nitrogens with one attached hydrogen (secondary N) is 2. The molecule has 0 aliphatic carbocycles. The van der Waals surface area contributed by atoms with Crippen LogP contribution in [-0.2, 0) is 4.79 Å². The van der Waals surface area contributed by atoms with E-state index in [-0.39, 0.29) is 11.6 Å². The van der Waals surface area contributed by atoms with Gasteiger partial charge in [0.05, 0.1) is 0 Å². The fourth-order valence-corrected chi connectivity index (χ4v) is 3.15. The molecule has 4 nitrogen and oxygen atoms in total. The van der Waals surface area contributed by atoms with Gasteiger partial charge in [-0.25, -0.2) is 0 Å². The van der Waals surface area contributed by atoms with Crippen LogP contribution >= 0.6 is 23.4 Å². The number of thioether (sulfide) groups is 1. The second kappa shape index (κ2) is 9.96. The number of anilines is 1. The maximum atomic E-state index is 12.9. The standard InChI is InChI=1S/C23H19ClN2O2S/c1-29-20-9-5-8-19(15-20)25-23(28)21(14-16-10-12-18(24)13-11-16)26-22(27)17-6-3-2-4-7-17/h2-15H,1H3,(H,25,28)(H,26,27)/b21-14+. The highest BCUT2D eigenvalue weighted by molar-refractivity contribution is 7.98. The molecule has 0 fully saturated rings. The number of carbonyl (C=O) groups excluding carboxylic acids is 2. The molecular weight excluding hydrogens is 404 g/mol. The summed E-state index contributed by atoms with van der Waals surface area (Å²) < 4.78 is 0. The van der Waals surface area contributed by atoms with Crippen LogP contribution in [0.15, 0.2) is 89.5 Å². The molecule has 146 valence electrons. The van der Waals surface area contributed by atoms with Crippen molar-refractivity contribution in [1.29, 1.82) is 0 Å². The van der Waals surface area contributed by atoms with Crippen LogP contribution in [0.3, 0.4) is 0 Å². The minimum atomic E-state index is -0.414. The zero-order chi connectivity index (χ0) is 20.6. The topological polar surface area (TPSA) is 58.2 Å². The molecule has 29 heavy (non-hydrogen) atoms. The van der Waals surface area contributed by atoms with Gasteiger partial charge in [-0.3, -0.25) is 9.59 Å². The maximum absolute atomic E-state index is 12.9. The second-order valence-corrected chi connectivity index (χ2v) is 7.43. The van der Waals surface area contributed by atoms with Crippen molar-refractivity contribution in [3.8, 4) is 0 Å². The van der Waals surface area contributed by atoms with Crippen molar-refractivity contribution >= 4 is 46.9 Å². The molecule has 0 unspecified atom stereocenters. The van der Waals surface area contributed by atoms with Crippen molar-refractivity contribution in [2.45, 2.75) is 4.90 Å². The average Bonchev–Trinajstić information content (AvgIpc) is 2.75. The number of hydrogen-bond donors (Lipinski definition) is 2. The van der Waals surface area contributed by atoms with Gasteiger partial charge >= 0.3 is 0 Å². The minimum Gasteiger partial charge on any atom is -0.321 e. The first-order chi connectivity index (χ1) is 14.0. The molecule has 0 aromatic heterocycles. The minimum absolute atomic E-state index is 0.135. The first kappa shape index (κ1) is 20.7. The van der Waals surface area contributed by atoms with E-state index in [1.54, 1.807) is 72.4 Å². The SMILES string of the molecule is CSc1cccc(NC(=O)/C(=C\c2ccc(Cl)cc2)NC(=O)c2ccccc2)c1. The Kier molecular flexibility index (Phi) is 7.11. The van der Waals surface area contributed by atoms with Gasteiger partial charge in [-0.1, -0.05) is 48.0 Å². The largest absolute Gasteiger partial charge is 0.321 e. The van der Waals surface area contributed by atoms with E-state index in [9.17, 15) is 9.59 Å². The van der Waals surface area contributed by atoms with E-state index in [4.69, 9.17) is 11.6 Å². The van der Waals surface area contributed by atoms with Crippen molar-refractivity contribution in [1.82, 2.24) is 5.32 Å². The Hall–Kier alpha value is -3.02. The lowest BCUT2D eigenvalue weighted by Crippen LogP contribution is -2.30. The molecule has 3 aromatic carbocycles. The Morgan fingerprint density at radius 1 is 0.931 bits per heavy atom. The molecule has 2 N–H and O–H groups in total. The summed E-state index contributed by atoms with van der Waals surface area (Å²) in [7, 11) is 0. The summed E-state index contributed by atoms with van der Waals surface area (Å²) in [5, 5.41) is 6.15. The first-order valence-corrected chi connectivity index (χ1v) is 10.4. The Morgan fingerprint density at radius 3 is 2.34 bits per heavy atom. The molecule has 0 atom stereocenters. The monoisotopic (exact) mass is 422 g/mol. The third kappa shape index (κ3) is 5.98. The fourth-order valence-electron chi connectivity index (χ4n) is 2.57. The lowest BCUT2D eigenvalue weighted by molar-refractivity contribution is -0.113. The van der Waals surface area contributed by atoms with Crippen molar-refractivity contribution < 1.29 is 9.59 Å². The van der Waals surface area contributed by atoms with Gasteiger partial charge in [-0.05, 0) is 60.4 Å². The van der Waals surface area contributed by atoms with Crippen LogP contribution < -0.4 is 10.6 Å². The van der Waals surface area contributed by atoms with E-state index in [1.807, 2.05) is 30.5 Å². The summed E-state index contributed by atoms with van der Waals surface area (Å²) in [6.45, 7) is 0. The van der Waals surface area contributed by atoms with Crippen molar-refractivity contribution in [2.75, 3.05) is 11.6 Å². The number of amides is 2. The number of benzene rings is 3. The molecule has 0 aliphatic rings. The predicted octanol–water partition coefficient (Wildman–Crippen LogP) is 5.47. The summed E-state index contributed by atoms with van der Waals surface area (Å²) in [6.07, 6.45) is 3.58. The van der Waals surface area contributed by atoms with Crippen LogP contribution in [0.4, 0.5) is 5.69 Å². The van der Waals surface area contributed by atoms with Gasteiger partial charge in [-0.15, -0.1) is 11.8 Å². The van der Waals surface area contributed by atoms with Crippen LogP contribution in [0.25, 0.3) is 6.08 Å². The zero-order valence-corrected chi connectivity index (χ0v) is 17.3. The molecule has 0 heterocycles. The van der Waals surface area contributed by atoms with Gasteiger partial charge in [0, 0.05) is 21.2 Å². The molecule has 3 aromatic rings. The molecular formula is C23H19ClN2O2S. The maximum Gasteiger partial charge on any atom is 0.272 e. The van der Waals surface area contributed by atoms with Gasteiger partial charge in [0.2, 0.25) is 0 Å². The van der Waals surface area contributed by atoms with Gasteiger partial charge < -0.3 is 10.6 Å². The van der Waals surface area contributed by atoms with Gasteiger partial charge in [0.25, 0.3) is 11.8 Å². The highest BCUT2D eigenvalue weighted by Crippen LogP contribution is 2.20. The molecule has 0 spiro atoms. The molecule has 6 heteroatoms. The van der Waals surface area contributed by atoms with Crippen LogP contribution in [0.5, 0.6) is 0 Å². The summed E-state index contributed by atoms with van der Waals surface area (Å²) in [6, 6.07) is 23.3. The summed E-state index contributed by atoms with van der Waals surface area (Å²) in [5.41, 5.74) is 1.99. The highest BCUT2D eigenvalue weighted by atomic mass is 35.5. The van der Waals surface area contributed by atoms with E-state index in [2.05, 4.69) is 10.6 Å². The van der Waals surface area contributed by atoms with Gasteiger partial charge in [0.1, 0.15) is 5.70 Å². The number of hydrogen-bond acceptors (Lipinski definition) is 3. The van der Waals surface area contributed by atoms with Crippen LogP contribution in [0, 0.1) is 0 Å². The molecule has 3 rings (SSSR count). The molecule has 0 saturated heterocycles. The Bertz CT molecular complexity index is 1030. The molecule has 0 radical (unpaired) electrons. The quantitative estimate of drug-likeness (QED) is 0.409. The zero-order valence-electron chi connectivity index (χ0n) is 15.7. The summed E-state index contributed by atoms with van der Waals surface area (Å²) in [5.74, 6) is -0.777. The van der Waals surface area contributed by atoms with Crippen LogP contribution in [0.1, 0.15) is 15.9 Å². The van der Waals surface area contributed by atoms with Crippen molar-refractivity contribution in [2.24, 2.45) is 0 Å². The van der Waals surface area contributed by atoms with Gasteiger partial charge in [-0.2, -0.15) is 0 Å². The molecule has 2 amide bonds. The lowest BCUT2D eigenvalue weighted by Gasteiger charge is -2.12. The molecule has 0 bridgehead atoms. The second-order valence-electron chi connectivity index (χ2n) is 6.12. The smallest absolute Gasteiger partial charge is 0.272 e. The Balaban J connectivity index is 1.87. The predicted molar refractivity (Wildman–Crippen MR) is 120 cm³/mol. The van der Waals surface area contributed by atoms with E-state index < -0.39 is 5.91 Å². The summed E-state index contributed by atoms with van der Waals surface area (Å²) >= 11 is 7.52.